The van der Waals surface area contributed by atoms with E-state index in [2.05, 4.69) is 24.3 Å². The van der Waals surface area contributed by atoms with E-state index in [1.165, 1.54) is 10.8 Å². The maximum Gasteiger partial charge on any atom is 0.344 e. The Morgan fingerprint density at radius 2 is 1.46 bits per heavy atom. The molecule has 3 nitrogen and oxygen atoms in total. The van der Waals surface area contributed by atoms with Crippen LogP contribution >= 0.6 is 0 Å². The molecule has 136 valence electrons. The van der Waals surface area contributed by atoms with Crippen LogP contribution in [0.5, 0.6) is 5.75 Å². The van der Waals surface area contributed by atoms with Crippen molar-refractivity contribution in [1.82, 2.24) is 0 Å². The van der Waals surface area contributed by atoms with Gasteiger partial charge in [-0.2, -0.15) is 0 Å². The van der Waals surface area contributed by atoms with Crippen molar-refractivity contribution in [3.05, 3.63) is 100 Å². The molecular weight excluding hydrogens is 348 g/mol. The lowest BCUT2D eigenvalue weighted by Gasteiger charge is -2.13. The molecule has 0 N–H and O–H groups in total. The van der Waals surface area contributed by atoms with Crippen LogP contribution in [-0.2, 0) is 6.61 Å². The monoisotopic (exact) mass is 366 g/mol. The van der Waals surface area contributed by atoms with E-state index in [9.17, 15) is 4.79 Å². The molecule has 4 aromatic carbocycles. The van der Waals surface area contributed by atoms with E-state index in [0.29, 0.717) is 17.6 Å². The molecule has 5 rings (SSSR count). The minimum atomic E-state index is -0.322. The smallest absolute Gasteiger partial charge is 0.344 e. The summed E-state index contributed by atoms with van der Waals surface area (Å²) in [4.78, 5) is 12.4. The maximum absolute atomic E-state index is 12.4. The predicted octanol–water partition coefficient (Wildman–Crippen LogP) is 5.99. The fourth-order valence-electron chi connectivity index (χ4n) is 3.79. The van der Waals surface area contributed by atoms with Crippen LogP contribution in [0, 0.1) is 6.92 Å². The summed E-state index contributed by atoms with van der Waals surface area (Å²) in [5.41, 5.74) is 2.22. The number of aryl methyl sites for hydroxylation is 1. The van der Waals surface area contributed by atoms with Crippen molar-refractivity contribution in [2.45, 2.75) is 13.5 Å². The average molecular weight is 366 g/mol. The lowest BCUT2D eigenvalue weighted by molar-refractivity contribution is 0.305. The van der Waals surface area contributed by atoms with Crippen molar-refractivity contribution in [1.29, 1.82) is 0 Å². The van der Waals surface area contributed by atoms with E-state index < -0.39 is 0 Å². The molecule has 0 atom stereocenters. The number of fused-ring (bicyclic) bond motifs is 4. The Bertz CT molecular complexity index is 1390. The minimum Gasteiger partial charge on any atom is -0.488 e. The first kappa shape index (κ1) is 16.6. The fourth-order valence-corrected chi connectivity index (χ4v) is 3.79. The molecule has 0 unspecified atom stereocenters. The van der Waals surface area contributed by atoms with Gasteiger partial charge in [-0.3, -0.25) is 0 Å². The third-order valence-electron chi connectivity index (χ3n) is 5.25. The number of ether oxygens (including phenoxy) is 1. The molecule has 5 aromatic rings. The van der Waals surface area contributed by atoms with Crippen molar-refractivity contribution in [2.75, 3.05) is 0 Å². The summed E-state index contributed by atoms with van der Waals surface area (Å²) in [5.74, 6) is 0.721. The normalized spacial score (nSPS) is 11.3. The first-order valence-corrected chi connectivity index (χ1v) is 9.27. The van der Waals surface area contributed by atoms with Crippen LogP contribution in [0.25, 0.3) is 32.5 Å². The first-order chi connectivity index (χ1) is 13.7. The summed E-state index contributed by atoms with van der Waals surface area (Å²) in [6.45, 7) is 2.38. The number of rotatable bonds is 3. The minimum absolute atomic E-state index is 0.322. The third kappa shape index (κ3) is 2.64. The Morgan fingerprint density at radius 3 is 2.32 bits per heavy atom. The lowest BCUT2D eigenvalue weighted by atomic mass is 10.0. The molecule has 3 heteroatoms. The van der Waals surface area contributed by atoms with Gasteiger partial charge in [0.15, 0.2) is 0 Å². The molecule has 28 heavy (non-hydrogen) atoms. The van der Waals surface area contributed by atoms with E-state index in [0.717, 1.165) is 27.6 Å². The van der Waals surface area contributed by atoms with Crippen molar-refractivity contribution in [3.63, 3.8) is 0 Å². The quantitative estimate of drug-likeness (QED) is 0.291. The molecule has 0 aliphatic carbocycles. The van der Waals surface area contributed by atoms with Crippen molar-refractivity contribution < 1.29 is 9.15 Å². The van der Waals surface area contributed by atoms with E-state index in [-0.39, 0.29) is 5.63 Å². The molecule has 1 aromatic heterocycles. The number of hydrogen-bond acceptors (Lipinski definition) is 3. The van der Waals surface area contributed by atoms with Gasteiger partial charge in [-0.25, -0.2) is 4.79 Å². The van der Waals surface area contributed by atoms with Crippen LogP contribution in [0.4, 0.5) is 0 Å². The summed E-state index contributed by atoms with van der Waals surface area (Å²) in [6.07, 6.45) is 0. The molecular formula is C25H18O3. The molecule has 0 bridgehead atoms. The Hall–Kier alpha value is -3.59. The van der Waals surface area contributed by atoms with Gasteiger partial charge in [0, 0.05) is 10.9 Å². The Balaban J connectivity index is 1.57. The Morgan fingerprint density at radius 1 is 0.750 bits per heavy atom. The van der Waals surface area contributed by atoms with Gasteiger partial charge in [-0.05, 0) is 46.8 Å². The molecule has 0 spiro atoms. The largest absolute Gasteiger partial charge is 0.488 e. The summed E-state index contributed by atoms with van der Waals surface area (Å²) in [5, 5.41) is 4.79. The SMILES string of the molecule is Cc1c(OCc2cccc3ccccc23)ccc2c1oc(=O)c1ccccc12. The molecule has 0 saturated heterocycles. The van der Waals surface area contributed by atoms with Crippen LogP contribution in [0.1, 0.15) is 11.1 Å². The van der Waals surface area contributed by atoms with E-state index in [4.69, 9.17) is 9.15 Å². The molecule has 0 radical (unpaired) electrons. The highest BCUT2D eigenvalue weighted by Crippen LogP contribution is 2.31. The second-order valence-corrected chi connectivity index (χ2v) is 6.93. The highest BCUT2D eigenvalue weighted by atomic mass is 16.5. The van der Waals surface area contributed by atoms with Crippen LogP contribution in [-0.4, -0.2) is 0 Å². The van der Waals surface area contributed by atoms with Crippen molar-refractivity contribution >= 4 is 32.5 Å². The molecule has 0 fully saturated rings. The Labute approximate surface area is 161 Å². The second kappa shape index (κ2) is 6.54. The summed E-state index contributed by atoms with van der Waals surface area (Å²) < 4.78 is 11.8. The standard InChI is InChI=1S/C25H18O3/c1-16-23(27-15-18-9-6-8-17-7-2-3-10-19(17)18)14-13-21-20-11-4-5-12-22(20)25(26)28-24(16)21/h2-14H,15H2,1H3. The van der Waals surface area contributed by atoms with Gasteiger partial charge in [0.1, 0.15) is 17.9 Å². The second-order valence-electron chi connectivity index (χ2n) is 6.93. The average Bonchev–Trinajstić information content (AvgIpc) is 2.74. The van der Waals surface area contributed by atoms with Gasteiger partial charge < -0.3 is 9.15 Å². The van der Waals surface area contributed by atoms with E-state index in [1.54, 1.807) is 6.07 Å². The van der Waals surface area contributed by atoms with Crippen LogP contribution in [0.15, 0.2) is 88.1 Å². The zero-order valence-corrected chi connectivity index (χ0v) is 15.4. The topological polar surface area (TPSA) is 39.4 Å². The molecule has 1 heterocycles. The van der Waals surface area contributed by atoms with Gasteiger partial charge >= 0.3 is 5.63 Å². The summed E-state index contributed by atoms with van der Waals surface area (Å²) in [6, 6.07) is 25.9. The molecule has 0 aliphatic heterocycles. The highest BCUT2D eigenvalue weighted by Gasteiger charge is 2.13. The van der Waals surface area contributed by atoms with Gasteiger partial charge in [0.25, 0.3) is 0 Å². The molecule has 0 saturated carbocycles. The van der Waals surface area contributed by atoms with Gasteiger partial charge in [0.05, 0.1) is 5.39 Å². The van der Waals surface area contributed by atoms with Gasteiger partial charge in [-0.15, -0.1) is 0 Å². The van der Waals surface area contributed by atoms with Gasteiger partial charge in [0.2, 0.25) is 0 Å². The van der Waals surface area contributed by atoms with Crippen LogP contribution < -0.4 is 10.4 Å². The van der Waals surface area contributed by atoms with Crippen molar-refractivity contribution in [3.8, 4) is 5.75 Å². The highest BCUT2D eigenvalue weighted by molar-refractivity contribution is 6.05. The van der Waals surface area contributed by atoms with Gasteiger partial charge in [-0.1, -0.05) is 60.7 Å². The van der Waals surface area contributed by atoms with Crippen LogP contribution in [0.3, 0.4) is 0 Å². The van der Waals surface area contributed by atoms with E-state index >= 15 is 0 Å². The predicted molar refractivity (Wildman–Crippen MR) is 113 cm³/mol. The van der Waals surface area contributed by atoms with Crippen LogP contribution in [0.2, 0.25) is 0 Å². The molecule has 0 amide bonds. The zero-order valence-electron chi connectivity index (χ0n) is 15.4. The lowest BCUT2D eigenvalue weighted by Crippen LogP contribution is -2.02. The zero-order chi connectivity index (χ0) is 19.1. The first-order valence-electron chi connectivity index (χ1n) is 9.27. The number of hydrogen-bond donors (Lipinski definition) is 0. The molecule has 0 aliphatic rings. The third-order valence-corrected chi connectivity index (χ3v) is 5.25. The number of benzene rings is 4. The fraction of sp³-hybridized carbons (Fsp3) is 0.0800. The Kier molecular flexibility index (Phi) is 3.87. The summed E-state index contributed by atoms with van der Waals surface area (Å²) >= 11 is 0. The van der Waals surface area contributed by atoms with E-state index in [1.807, 2.05) is 55.5 Å². The van der Waals surface area contributed by atoms with Crippen molar-refractivity contribution in [2.24, 2.45) is 0 Å². The maximum atomic E-state index is 12.4. The summed E-state index contributed by atoms with van der Waals surface area (Å²) in [7, 11) is 0.